The van der Waals surface area contributed by atoms with Crippen LogP contribution in [0.4, 0.5) is 4.79 Å². The molecule has 3 rings (SSSR count). The number of primary amides is 1. The van der Waals surface area contributed by atoms with Crippen LogP contribution in [0.5, 0.6) is 0 Å². The minimum absolute atomic E-state index is 0.132. The molecule has 0 aromatic carbocycles. The Morgan fingerprint density at radius 1 is 1.19 bits per heavy atom. The molecule has 2 atom stereocenters. The second-order valence-corrected chi connectivity index (χ2v) is 11.1. The van der Waals surface area contributed by atoms with Crippen LogP contribution in [0, 0.1) is 22.7 Å². The van der Waals surface area contributed by atoms with Gasteiger partial charge in [0.25, 0.3) is 0 Å². The number of hydrogen-bond donors (Lipinski definition) is 2. The number of likely N-dealkylation sites (tertiary alicyclic amines) is 1. The number of amides is 3. The number of nitrogens with two attached hydrogens (primary N) is 1. The molecule has 2 aliphatic heterocycles. The van der Waals surface area contributed by atoms with Gasteiger partial charge in [0.1, 0.15) is 5.54 Å². The summed E-state index contributed by atoms with van der Waals surface area (Å²) in [4.78, 5) is 29.7. The summed E-state index contributed by atoms with van der Waals surface area (Å²) in [6, 6.07) is 2.11. The van der Waals surface area contributed by atoms with E-state index >= 15 is 0 Å². The second kappa shape index (κ2) is 10.4. The van der Waals surface area contributed by atoms with Crippen molar-refractivity contribution in [3.05, 3.63) is 0 Å². The van der Waals surface area contributed by atoms with E-state index in [9.17, 15) is 14.9 Å². The Kier molecular flexibility index (Phi) is 8.05. The van der Waals surface area contributed by atoms with Gasteiger partial charge in [-0.25, -0.2) is 4.79 Å². The number of nitrogens with zero attached hydrogens (tertiary/aromatic N) is 3. The van der Waals surface area contributed by atoms with Crippen molar-refractivity contribution in [2.24, 2.45) is 17.1 Å². The van der Waals surface area contributed by atoms with Crippen molar-refractivity contribution in [2.45, 2.75) is 89.8 Å². The summed E-state index contributed by atoms with van der Waals surface area (Å²) in [5, 5.41) is 13.2. The summed E-state index contributed by atoms with van der Waals surface area (Å²) in [5.41, 5.74) is 4.64. The van der Waals surface area contributed by atoms with Crippen molar-refractivity contribution in [1.82, 2.24) is 15.1 Å². The Labute approximate surface area is 192 Å². The van der Waals surface area contributed by atoms with Crippen LogP contribution in [0.15, 0.2) is 0 Å². The molecule has 8 heteroatoms. The molecule has 3 aliphatic rings. The van der Waals surface area contributed by atoms with Crippen LogP contribution in [0.1, 0.15) is 72.1 Å². The van der Waals surface area contributed by atoms with Crippen LogP contribution in [0.25, 0.3) is 0 Å². The first-order valence-electron chi connectivity index (χ1n) is 12.3. The first-order chi connectivity index (χ1) is 15.1. The summed E-state index contributed by atoms with van der Waals surface area (Å²) in [6.07, 6.45) is 8.22. The average molecular weight is 448 g/mol. The Morgan fingerprint density at radius 3 is 2.41 bits per heavy atom. The zero-order chi connectivity index (χ0) is 23.4. The maximum atomic E-state index is 13.6. The van der Waals surface area contributed by atoms with Crippen LogP contribution in [-0.2, 0) is 9.53 Å². The minimum Gasteiger partial charge on any atom is -0.377 e. The minimum atomic E-state index is -0.856. The fourth-order valence-corrected chi connectivity index (χ4v) is 5.60. The van der Waals surface area contributed by atoms with Crippen LogP contribution < -0.4 is 11.1 Å². The average Bonchev–Trinajstić information content (AvgIpc) is 2.78. The molecular weight excluding hydrogens is 406 g/mol. The smallest absolute Gasteiger partial charge is 0.315 e. The lowest BCUT2D eigenvalue weighted by Crippen LogP contribution is -2.61. The van der Waals surface area contributed by atoms with E-state index in [1.807, 2.05) is 0 Å². The fraction of sp³-hybridized carbons (Fsp3) is 0.875. The molecule has 2 heterocycles. The number of carbonyl (C=O) groups excluding carboxylic acids is 2. The summed E-state index contributed by atoms with van der Waals surface area (Å²) in [7, 11) is 0. The molecule has 3 fully saturated rings. The second-order valence-electron chi connectivity index (χ2n) is 11.1. The third kappa shape index (κ3) is 6.14. The zero-order valence-corrected chi connectivity index (χ0v) is 20.1. The fourth-order valence-electron chi connectivity index (χ4n) is 5.60. The van der Waals surface area contributed by atoms with Gasteiger partial charge in [0.2, 0.25) is 5.91 Å². The van der Waals surface area contributed by atoms with E-state index in [0.717, 1.165) is 13.1 Å². The number of piperidine rings is 1. The van der Waals surface area contributed by atoms with Crippen molar-refractivity contribution >= 4 is 11.9 Å². The van der Waals surface area contributed by atoms with Gasteiger partial charge in [-0.05, 0) is 37.5 Å². The van der Waals surface area contributed by atoms with Gasteiger partial charge in [0, 0.05) is 25.7 Å². The number of hydrogen-bond acceptors (Lipinski definition) is 5. The van der Waals surface area contributed by atoms with Crippen molar-refractivity contribution in [3.8, 4) is 6.07 Å². The standard InChI is InChI=1S/C24H41N5O3/c1-23(2,3)15-19(20-16-32-14-13-29(20)22(26)31)21(30)27-24(17-25)9-11-28(12-10-24)18-7-5-4-6-8-18/h18-20H,4-16H2,1-3H3,(H2,26,31)(H,27,30). The lowest BCUT2D eigenvalue weighted by atomic mass is 9.79. The van der Waals surface area contributed by atoms with Crippen LogP contribution >= 0.6 is 0 Å². The molecule has 32 heavy (non-hydrogen) atoms. The van der Waals surface area contributed by atoms with E-state index in [0.29, 0.717) is 38.5 Å². The number of rotatable bonds is 5. The van der Waals surface area contributed by atoms with E-state index in [-0.39, 0.29) is 17.9 Å². The molecule has 180 valence electrons. The molecule has 3 N–H and O–H groups in total. The first-order valence-corrected chi connectivity index (χ1v) is 12.3. The molecular formula is C24H41N5O3. The summed E-state index contributed by atoms with van der Waals surface area (Å²) < 4.78 is 5.63. The number of carbonyl (C=O) groups is 2. The topological polar surface area (TPSA) is 112 Å². The molecule has 3 amide bonds. The third-order valence-corrected chi connectivity index (χ3v) is 7.40. The summed E-state index contributed by atoms with van der Waals surface area (Å²) >= 11 is 0. The molecule has 1 saturated carbocycles. The maximum absolute atomic E-state index is 13.6. The summed E-state index contributed by atoms with van der Waals surface area (Å²) in [6.45, 7) is 8.99. The van der Waals surface area contributed by atoms with Gasteiger partial charge in [-0.1, -0.05) is 40.0 Å². The molecule has 2 unspecified atom stereocenters. The normalized spacial score (nSPS) is 26.2. The predicted octanol–water partition coefficient (Wildman–Crippen LogP) is 2.63. The van der Waals surface area contributed by atoms with Gasteiger partial charge in [-0.15, -0.1) is 0 Å². The predicted molar refractivity (Wildman–Crippen MR) is 123 cm³/mol. The van der Waals surface area contributed by atoms with E-state index in [4.69, 9.17) is 10.5 Å². The Hall–Kier alpha value is -1.85. The molecule has 8 nitrogen and oxygen atoms in total. The van der Waals surface area contributed by atoms with Crippen LogP contribution in [-0.4, -0.2) is 72.2 Å². The van der Waals surface area contributed by atoms with Crippen molar-refractivity contribution in [3.63, 3.8) is 0 Å². The van der Waals surface area contributed by atoms with E-state index < -0.39 is 23.5 Å². The number of nitrogens with one attached hydrogen (secondary N) is 1. The monoisotopic (exact) mass is 447 g/mol. The third-order valence-electron chi connectivity index (χ3n) is 7.40. The van der Waals surface area contributed by atoms with Gasteiger partial charge in [-0.3, -0.25) is 4.79 Å². The number of morpholine rings is 1. The lowest BCUT2D eigenvalue weighted by Gasteiger charge is -2.44. The van der Waals surface area contributed by atoms with Gasteiger partial charge in [0.15, 0.2) is 0 Å². The maximum Gasteiger partial charge on any atom is 0.315 e. The van der Waals surface area contributed by atoms with Crippen LogP contribution in [0.2, 0.25) is 0 Å². The highest BCUT2D eigenvalue weighted by atomic mass is 16.5. The number of ether oxygens (including phenoxy) is 1. The molecule has 1 aliphatic carbocycles. The number of nitriles is 1. The molecule has 0 bridgehead atoms. The van der Waals surface area contributed by atoms with Gasteiger partial charge < -0.3 is 25.6 Å². The highest BCUT2D eigenvalue weighted by molar-refractivity contribution is 5.82. The highest BCUT2D eigenvalue weighted by Gasteiger charge is 2.43. The van der Waals surface area contributed by atoms with Gasteiger partial charge in [0.05, 0.1) is 31.2 Å². The molecule has 0 radical (unpaired) electrons. The Morgan fingerprint density at radius 2 is 1.84 bits per heavy atom. The Bertz CT molecular complexity index is 699. The first kappa shape index (κ1) is 24.8. The quantitative estimate of drug-likeness (QED) is 0.673. The van der Waals surface area contributed by atoms with Crippen molar-refractivity contribution < 1.29 is 14.3 Å². The summed E-state index contributed by atoms with van der Waals surface area (Å²) in [5.74, 6) is -0.654. The largest absolute Gasteiger partial charge is 0.377 e. The molecule has 0 aromatic rings. The molecule has 0 aromatic heterocycles. The van der Waals surface area contributed by atoms with Crippen LogP contribution in [0.3, 0.4) is 0 Å². The van der Waals surface area contributed by atoms with E-state index in [1.54, 1.807) is 4.90 Å². The Balaban J connectivity index is 1.71. The van der Waals surface area contributed by atoms with Crippen molar-refractivity contribution in [1.29, 1.82) is 5.26 Å². The van der Waals surface area contributed by atoms with Gasteiger partial charge in [-0.2, -0.15) is 5.26 Å². The van der Waals surface area contributed by atoms with Gasteiger partial charge >= 0.3 is 6.03 Å². The lowest BCUT2D eigenvalue weighted by molar-refractivity contribution is -0.132. The highest BCUT2D eigenvalue weighted by Crippen LogP contribution is 2.33. The molecule has 2 saturated heterocycles. The SMILES string of the molecule is CC(C)(C)CC(C(=O)NC1(C#N)CCN(C2CCCCC2)CC1)C1COCCN1C(N)=O. The van der Waals surface area contributed by atoms with E-state index in [1.165, 1.54) is 32.1 Å². The zero-order valence-electron chi connectivity index (χ0n) is 20.1. The van der Waals surface area contributed by atoms with Crippen molar-refractivity contribution in [2.75, 3.05) is 32.8 Å². The number of urea groups is 1. The molecule has 0 spiro atoms. The van der Waals surface area contributed by atoms with E-state index in [2.05, 4.69) is 37.1 Å².